The van der Waals surface area contributed by atoms with Crippen LogP contribution in [0.3, 0.4) is 0 Å². The standard InChI is InChI=1S/C11H22O3/c1-10(2,3)7-8(12)9(13)14-11(4,5)6/h8,12H,7H2,1-6H3. The molecular formula is C11H22O3. The van der Waals surface area contributed by atoms with Crippen molar-refractivity contribution >= 4 is 5.97 Å². The second-order valence-corrected chi connectivity index (χ2v) is 5.81. The van der Waals surface area contributed by atoms with Crippen LogP contribution in [-0.4, -0.2) is 22.8 Å². The predicted octanol–water partition coefficient (Wildman–Crippen LogP) is 2.13. The molecule has 0 fully saturated rings. The summed E-state index contributed by atoms with van der Waals surface area (Å²) in [6.07, 6.45) is -0.601. The van der Waals surface area contributed by atoms with E-state index in [1.54, 1.807) is 20.8 Å². The van der Waals surface area contributed by atoms with Gasteiger partial charge in [-0.3, -0.25) is 0 Å². The van der Waals surface area contributed by atoms with E-state index in [1.165, 1.54) is 0 Å². The van der Waals surface area contributed by atoms with Crippen molar-refractivity contribution in [2.24, 2.45) is 5.41 Å². The highest BCUT2D eigenvalue weighted by atomic mass is 16.6. The normalized spacial score (nSPS) is 15.1. The van der Waals surface area contributed by atoms with E-state index in [1.807, 2.05) is 20.8 Å². The fourth-order valence-electron chi connectivity index (χ4n) is 1.03. The van der Waals surface area contributed by atoms with Crippen LogP contribution in [-0.2, 0) is 9.53 Å². The Hall–Kier alpha value is -0.570. The molecule has 0 heterocycles. The first kappa shape index (κ1) is 13.4. The SMILES string of the molecule is CC(C)(C)CC(O)C(=O)OC(C)(C)C. The molecule has 1 atom stereocenters. The van der Waals surface area contributed by atoms with Gasteiger partial charge in [-0.2, -0.15) is 0 Å². The third-order valence-electron chi connectivity index (χ3n) is 1.48. The minimum Gasteiger partial charge on any atom is -0.458 e. The summed E-state index contributed by atoms with van der Waals surface area (Å²) in [7, 11) is 0. The molecule has 0 amide bonds. The predicted molar refractivity (Wildman–Crippen MR) is 55.9 cm³/mol. The van der Waals surface area contributed by atoms with E-state index < -0.39 is 17.7 Å². The van der Waals surface area contributed by atoms with Crippen LogP contribution in [0.4, 0.5) is 0 Å². The molecule has 84 valence electrons. The molecule has 0 radical (unpaired) electrons. The highest BCUT2D eigenvalue weighted by Gasteiger charge is 2.27. The minimum absolute atomic E-state index is 0.0731. The summed E-state index contributed by atoms with van der Waals surface area (Å²) in [6, 6.07) is 0. The molecule has 3 nitrogen and oxygen atoms in total. The number of aliphatic hydroxyl groups excluding tert-OH is 1. The van der Waals surface area contributed by atoms with Crippen molar-refractivity contribution in [2.75, 3.05) is 0 Å². The molecule has 0 aliphatic heterocycles. The van der Waals surface area contributed by atoms with Gasteiger partial charge in [0.05, 0.1) is 0 Å². The van der Waals surface area contributed by atoms with Crippen LogP contribution in [0, 0.1) is 5.41 Å². The van der Waals surface area contributed by atoms with Crippen molar-refractivity contribution in [2.45, 2.75) is 59.7 Å². The van der Waals surface area contributed by atoms with E-state index in [2.05, 4.69) is 0 Å². The Morgan fingerprint density at radius 3 is 1.93 bits per heavy atom. The van der Waals surface area contributed by atoms with Crippen LogP contribution in [0.15, 0.2) is 0 Å². The van der Waals surface area contributed by atoms with Gasteiger partial charge in [0.1, 0.15) is 5.60 Å². The lowest BCUT2D eigenvalue weighted by atomic mass is 9.89. The van der Waals surface area contributed by atoms with Crippen molar-refractivity contribution in [1.29, 1.82) is 0 Å². The van der Waals surface area contributed by atoms with Gasteiger partial charge in [-0.25, -0.2) is 4.79 Å². The number of rotatable bonds is 2. The summed E-state index contributed by atoms with van der Waals surface area (Å²) < 4.78 is 5.06. The maximum absolute atomic E-state index is 11.4. The molecule has 0 saturated heterocycles. The summed E-state index contributed by atoms with van der Waals surface area (Å²) in [6.45, 7) is 11.3. The van der Waals surface area contributed by atoms with Gasteiger partial charge in [0.15, 0.2) is 6.10 Å². The molecule has 1 unspecified atom stereocenters. The van der Waals surface area contributed by atoms with Crippen LogP contribution in [0.1, 0.15) is 48.0 Å². The quantitative estimate of drug-likeness (QED) is 0.698. The first-order valence-electron chi connectivity index (χ1n) is 4.92. The number of hydrogen-bond acceptors (Lipinski definition) is 3. The van der Waals surface area contributed by atoms with Gasteiger partial charge < -0.3 is 9.84 Å². The van der Waals surface area contributed by atoms with Crippen molar-refractivity contribution in [3.63, 3.8) is 0 Å². The second kappa shape index (κ2) is 4.30. The van der Waals surface area contributed by atoms with E-state index in [9.17, 15) is 9.90 Å². The molecule has 0 rings (SSSR count). The highest BCUT2D eigenvalue weighted by molar-refractivity contribution is 5.74. The largest absolute Gasteiger partial charge is 0.458 e. The number of ether oxygens (including phenoxy) is 1. The second-order valence-electron chi connectivity index (χ2n) is 5.81. The molecule has 1 N–H and O–H groups in total. The summed E-state index contributed by atoms with van der Waals surface area (Å²) in [5.74, 6) is -0.535. The van der Waals surface area contributed by atoms with Gasteiger partial charge in [0.25, 0.3) is 0 Å². The monoisotopic (exact) mass is 202 g/mol. The Morgan fingerprint density at radius 2 is 1.64 bits per heavy atom. The third-order valence-corrected chi connectivity index (χ3v) is 1.48. The maximum Gasteiger partial charge on any atom is 0.335 e. The lowest BCUT2D eigenvalue weighted by Crippen LogP contribution is -2.34. The first-order chi connectivity index (χ1) is 6.01. The third kappa shape index (κ3) is 6.89. The molecule has 0 aliphatic rings. The Balaban J connectivity index is 4.15. The van der Waals surface area contributed by atoms with Crippen LogP contribution in [0.25, 0.3) is 0 Å². The number of carbonyl (C=O) groups is 1. The summed E-state index contributed by atoms with van der Waals surface area (Å²) >= 11 is 0. The van der Waals surface area contributed by atoms with Gasteiger partial charge in [0.2, 0.25) is 0 Å². The van der Waals surface area contributed by atoms with Crippen molar-refractivity contribution in [3.05, 3.63) is 0 Å². The number of carbonyl (C=O) groups excluding carboxylic acids is 1. The molecule has 0 aromatic rings. The summed E-state index contributed by atoms with van der Waals surface area (Å²) in [5, 5.41) is 9.54. The smallest absolute Gasteiger partial charge is 0.335 e. The highest BCUT2D eigenvalue weighted by Crippen LogP contribution is 2.22. The van der Waals surface area contributed by atoms with Crippen molar-refractivity contribution in [3.8, 4) is 0 Å². The first-order valence-corrected chi connectivity index (χ1v) is 4.92. The maximum atomic E-state index is 11.4. The minimum atomic E-state index is -1.02. The molecular weight excluding hydrogens is 180 g/mol. The summed E-state index contributed by atoms with van der Waals surface area (Å²) in [5.41, 5.74) is -0.605. The van der Waals surface area contributed by atoms with Gasteiger partial charge in [-0.05, 0) is 32.6 Å². The zero-order valence-electron chi connectivity index (χ0n) is 10.0. The molecule has 0 bridgehead atoms. The van der Waals surface area contributed by atoms with E-state index >= 15 is 0 Å². The van der Waals surface area contributed by atoms with E-state index in [0.717, 1.165) is 0 Å². The zero-order valence-corrected chi connectivity index (χ0v) is 10.0. The lowest BCUT2D eigenvalue weighted by molar-refractivity contribution is -0.166. The van der Waals surface area contributed by atoms with Crippen LogP contribution in [0.2, 0.25) is 0 Å². The molecule has 0 aliphatic carbocycles. The van der Waals surface area contributed by atoms with Gasteiger partial charge in [-0.1, -0.05) is 20.8 Å². The van der Waals surface area contributed by atoms with Crippen LogP contribution < -0.4 is 0 Å². The van der Waals surface area contributed by atoms with Gasteiger partial charge in [0, 0.05) is 0 Å². The fraction of sp³-hybridized carbons (Fsp3) is 0.909. The average molecular weight is 202 g/mol. The Kier molecular flexibility index (Phi) is 4.13. The molecule has 0 saturated carbocycles. The van der Waals surface area contributed by atoms with Gasteiger partial charge >= 0.3 is 5.97 Å². The van der Waals surface area contributed by atoms with E-state index in [-0.39, 0.29) is 5.41 Å². The Bertz CT molecular complexity index is 196. The number of hydrogen-bond donors (Lipinski definition) is 1. The topological polar surface area (TPSA) is 46.5 Å². The van der Waals surface area contributed by atoms with E-state index in [4.69, 9.17) is 4.74 Å². The number of esters is 1. The van der Waals surface area contributed by atoms with Crippen molar-refractivity contribution in [1.82, 2.24) is 0 Å². The number of aliphatic hydroxyl groups is 1. The molecule has 0 aromatic carbocycles. The average Bonchev–Trinajstić information content (AvgIpc) is 1.78. The van der Waals surface area contributed by atoms with Crippen LogP contribution in [0.5, 0.6) is 0 Å². The summed E-state index contributed by atoms with van der Waals surface area (Å²) in [4.78, 5) is 11.4. The Labute approximate surface area is 86.5 Å². The van der Waals surface area contributed by atoms with Gasteiger partial charge in [-0.15, -0.1) is 0 Å². The van der Waals surface area contributed by atoms with E-state index in [0.29, 0.717) is 6.42 Å². The van der Waals surface area contributed by atoms with Crippen molar-refractivity contribution < 1.29 is 14.6 Å². The molecule has 3 heteroatoms. The van der Waals surface area contributed by atoms with Crippen LogP contribution >= 0.6 is 0 Å². The molecule has 0 aromatic heterocycles. The fourth-order valence-corrected chi connectivity index (χ4v) is 1.03. The Morgan fingerprint density at radius 1 is 1.21 bits per heavy atom. The molecule has 14 heavy (non-hydrogen) atoms. The lowest BCUT2D eigenvalue weighted by Gasteiger charge is -2.25. The zero-order chi connectivity index (χ0) is 11.6. The molecule has 0 spiro atoms.